The van der Waals surface area contributed by atoms with E-state index in [1.165, 1.54) is 22.5 Å². The Morgan fingerprint density at radius 2 is 2.07 bits per heavy atom. The van der Waals surface area contributed by atoms with Crippen LogP contribution in [0.1, 0.15) is 27.2 Å². The second-order valence-electron chi connectivity index (χ2n) is 6.45. The first-order valence-corrected chi connectivity index (χ1v) is 10.6. The third kappa shape index (κ3) is 4.41. The molecule has 0 saturated carbocycles. The number of aromatic nitrogens is 1. The zero-order valence-electron chi connectivity index (χ0n) is 14.4. The molecule has 1 aromatic heterocycles. The van der Waals surface area contributed by atoms with Crippen molar-refractivity contribution in [3.63, 3.8) is 0 Å². The highest BCUT2D eigenvalue weighted by Crippen LogP contribution is 2.25. The van der Waals surface area contributed by atoms with E-state index in [0.29, 0.717) is 15.7 Å². The van der Waals surface area contributed by atoms with E-state index < -0.39 is 0 Å². The van der Waals surface area contributed by atoms with Crippen LogP contribution < -0.4 is 5.32 Å². The minimum absolute atomic E-state index is 0.255. The number of carbonyl (C=O) groups is 1. The number of anilines is 1. The van der Waals surface area contributed by atoms with Gasteiger partial charge in [-0.1, -0.05) is 51.8 Å². The topological polar surface area (TPSA) is 45.2 Å². The molecule has 1 N–H and O–H groups in total. The SMILES string of the molecule is O=C(Nc1nc(CN2CCc3ccccc3C2)cs1)c1cc(Br)ccc1Cl. The van der Waals surface area contributed by atoms with Crippen molar-refractivity contribution in [2.45, 2.75) is 19.5 Å². The molecule has 4 rings (SSSR count). The van der Waals surface area contributed by atoms with E-state index in [9.17, 15) is 4.79 Å². The van der Waals surface area contributed by atoms with E-state index in [1.807, 2.05) is 5.38 Å². The van der Waals surface area contributed by atoms with Gasteiger partial charge in [-0.15, -0.1) is 11.3 Å². The average Bonchev–Trinajstić information content (AvgIpc) is 3.10. The molecule has 3 aromatic rings. The molecule has 27 heavy (non-hydrogen) atoms. The summed E-state index contributed by atoms with van der Waals surface area (Å²) in [7, 11) is 0. The third-order valence-corrected chi connectivity index (χ3v) is 6.17. The van der Waals surface area contributed by atoms with Crippen LogP contribution >= 0.6 is 38.9 Å². The van der Waals surface area contributed by atoms with Gasteiger partial charge in [0.1, 0.15) is 0 Å². The molecule has 0 radical (unpaired) electrons. The maximum absolute atomic E-state index is 12.5. The lowest BCUT2D eigenvalue weighted by atomic mass is 10.00. The quantitative estimate of drug-likeness (QED) is 0.567. The van der Waals surface area contributed by atoms with Crippen LogP contribution in [0, 0.1) is 0 Å². The van der Waals surface area contributed by atoms with Gasteiger partial charge in [0, 0.05) is 29.5 Å². The molecule has 2 heterocycles. The van der Waals surface area contributed by atoms with Gasteiger partial charge in [-0.05, 0) is 35.7 Å². The smallest absolute Gasteiger partial charge is 0.258 e. The van der Waals surface area contributed by atoms with Crippen LogP contribution in [-0.4, -0.2) is 22.3 Å². The zero-order chi connectivity index (χ0) is 18.8. The fraction of sp³-hybridized carbons (Fsp3) is 0.200. The van der Waals surface area contributed by atoms with Crippen molar-refractivity contribution in [3.8, 4) is 0 Å². The molecular weight excluding hydrogens is 446 g/mol. The molecule has 138 valence electrons. The van der Waals surface area contributed by atoms with Gasteiger partial charge in [0.15, 0.2) is 5.13 Å². The molecule has 0 saturated heterocycles. The highest BCUT2D eigenvalue weighted by molar-refractivity contribution is 9.10. The van der Waals surface area contributed by atoms with Gasteiger partial charge in [0.25, 0.3) is 5.91 Å². The number of hydrogen-bond acceptors (Lipinski definition) is 4. The largest absolute Gasteiger partial charge is 0.298 e. The molecule has 0 fully saturated rings. The van der Waals surface area contributed by atoms with Crippen molar-refractivity contribution in [1.82, 2.24) is 9.88 Å². The number of benzene rings is 2. The van der Waals surface area contributed by atoms with Gasteiger partial charge in [-0.25, -0.2) is 4.98 Å². The minimum Gasteiger partial charge on any atom is -0.298 e. The Hall–Kier alpha value is -1.73. The summed E-state index contributed by atoms with van der Waals surface area (Å²) in [6.45, 7) is 2.73. The Bertz CT molecular complexity index is 991. The van der Waals surface area contributed by atoms with E-state index in [-0.39, 0.29) is 5.91 Å². The molecule has 0 bridgehead atoms. The van der Waals surface area contributed by atoms with E-state index in [0.717, 1.165) is 36.2 Å². The molecule has 4 nitrogen and oxygen atoms in total. The van der Waals surface area contributed by atoms with Crippen molar-refractivity contribution in [3.05, 3.63) is 79.7 Å². The van der Waals surface area contributed by atoms with Gasteiger partial charge >= 0.3 is 0 Å². The number of hydrogen-bond donors (Lipinski definition) is 1. The molecule has 2 aromatic carbocycles. The van der Waals surface area contributed by atoms with Crippen molar-refractivity contribution in [2.24, 2.45) is 0 Å². The lowest BCUT2D eigenvalue weighted by molar-refractivity contribution is 0.102. The number of fused-ring (bicyclic) bond motifs is 1. The molecular formula is C20H17BrClN3OS. The normalized spacial score (nSPS) is 14.0. The number of rotatable bonds is 4. The zero-order valence-corrected chi connectivity index (χ0v) is 17.6. The summed E-state index contributed by atoms with van der Waals surface area (Å²) < 4.78 is 0.808. The first-order valence-electron chi connectivity index (χ1n) is 8.58. The monoisotopic (exact) mass is 461 g/mol. The summed E-state index contributed by atoms with van der Waals surface area (Å²) >= 11 is 10.9. The summed E-state index contributed by atoms with van der Waals surface area (Å²) in [6.07, 6.45) is 1.06. The van der Waals surface area contributed by atoms with E-state index in [1.54, 1.807) is 18.2 Å². The Kier molecular flexibility index (Phi) is 5.59. The van der Waals surface area contributed by atoms with Crippen molar-refractivity contribution < 1.29 is 4.79 Å². The van der Waals surface area contributed by atoms with E-state index >= 15 is 0 Å². The number of carbonyl (C=O) groups excluding carboxylic acids is 1. The maximum Gasteiger partial charge on any atom is 0.258 e. The average molecular weight is 463 g/mol. The van der Waals surface area contributed by atoms with Gasteiger partial charge in [0.05, 0.1) is 16.3 Å². The van der Waals surface area contributed by atoms with Crippen LogP contribution in [0.3, 0.4) is 0 Å². The highest BCUT2D eigenvalue weighted by atomic mass is 79.9. The van der Waals surface area contributed by atoms with Crippen LogP contribution in [0.4, 0.5) is 5.13 Å². The predicted molar refractivity (Wildman–Crippen MR) is 113 cm³/mol. The molecule has 0 unspecified atom stereocenters. The summed E-state index contributed by atoms with van der Waals surface area (Å²) in [5.41, 5.74) is 4.22. The van der Waals surface area contributed by atoms with Gasteiger partial charge in [-0.2, -0.15) is 0 Å². The summed E-state index contributed by atoms with van der Waals surface area (Å²) in [5.74, 6) is -0.255. The van der Waals surface area contributed by atoms with E-state index in [2.05, 4.69) is 55.4 Å². The van der Waals surface area contributed by atoms with Crippen LogP contribution in [-0.2, 0) is 19.5 Å². The van der Waals surface area contributed by atoms with Gasteiger partial charge < -0.3 is 0 Å². The lowest BCUT2D eigenvalue weighted by Gasteiger charge is -2.27. The number of halogens is 2. The van der Waals surface area contributed by atoms with Crippen molar-refractivity contribution in [2.75, 3.05) is 11.9 Å². The molecule has 0 aliphatic carbocycles. The van der Waals surface area contributed by atoms with Crippen LogP contribution in [0.25, 0.3) is 0 Å². The van der Waals surface area contributed by atoms with E-state index in [4.69, 9.17) is 11.6 Å². The number of nitrogens with zero attached hydrogens (tertiary/aromatic N) is 2. The lowest BCUT2D eigenvalue weighted by Crippen LogP contribution is -2.30. The Morgan fingerprint density at radius 3 is 2.93 bits per heavy atom. The molecule has 0 atom stereocenters. The van der Waals surface area contributed by atoms with Gasteiger partial charge in [0.2, 0.25) is 0 Å². The fourth-order valence-corrected chi connectivity index (χ4v) is 4.45. The molecule has 0 spiro atoms. The Morgan fingerprint density at radius 1 is 1.26 bits per heavy atom. The van der Waals surface area contributed by atoms with Gasteiger partial charge in [-0.3, -0.25) is 15.0 Å². The molecule has 1 aliphatic heterocycles. The highest BCUT2D eigenvalue weighted by Gasteiger charge is 2.18. The van der Waals surface area contributed by atoms with Crippen molar-refractivity contribution in [1.29, 1.82) is 0 Å². The Balaban J connectivity index is 1.40. The molecule has 1 aliphatic rings. The molecule has 1 amide bonds. The second kappa shape index (κ2) is 8.10. The first kappa shape index (κ1) is 18.6. The van der Waals surface area contributed by atoms with Crippen molar-refractivity contribution >= 4 is 49.9 Å². The predicted octanol–water partition coefficient (Wildman–Crippen LogP) is 5.37. The van der Waals surface area contributed by atoms with Crippen LogP contribution in [0.5, 0.6) is 0 Å². The maximum atomic E-state index is 12.5. The number of amides is 1. The minimum atomic E-state index is -0.255. The summed E-state index contributed by atoms with van der Waals surface area (Å²) in [5, 5.41) is 5.85. The Labute approximate surface area is 175 Å². The van der Waals surface area contributed by atoms with Crippen LogP contribution in [0.15, 0.2) is 52.3 Å². The summed E-state index contributed by atoms with van der Waals surface area (Å²) in [4.78, 5) is 19.4. The van der Waals surface area contributed by atoms with Crippen LogP contribution in [0.2, 0.25) is 5.02 Å². The summed E-state index contributed by atoms with van der Waals surface area (Å²) in [6, 6.07) is 13.8. The third-order valence-electron chi connectivity index (χ3n) is 4.54. The number of thiazole rings is 1. The second-order valence-corrected chi connectivity index (χ2v) is 8.63. The standard InChI is InChI=1S/C20H17BrClN3OS/c21-15-5-6-18(22)17(9-15)19(26)24-20-23-16(12-27-20)11-25-8-7-13-3-1-2-4-14(13)10-25/h1-6,9,12H,7-8,10-11H2,(H,23,24,26). The first-order chi connectivity index (χ1) is 13.1. The molecule has 7 heteroatoms. The fourth-order valence-electron chi connectivity index (χ4n) is 3.19. The number of nitrogens with one attached hydrogen (secondary N) is 1.